The van der Waals surface area contributed by atoms with Crippen molar-refractivity contribution in [3.05, 3.63) is 45.6 Å². The number of thiazole rings is 1. The third-order valence-electron chi connectivity index (χ3n) is 3.02. The molecule has 0 aliphatic carbocycles. The van der Waals surface area contributed by atoms with Gasteiger partial charge >= 0.3 is 0 Å². The maximum Gasteiger partial charge on any atom is 0.184 e. The summed E-state index contributed by atoms with van der Waals surface area (Å²) in [5, 5.41) is 4.43. The van der Waals surface area contributed by atoms with Gasteiger partial charge in [-0.15, -0.1) is 11.3 Å². The van der Waals surface area contributed by atoms with Crippen LogP contribution in [0.4, 0.5) is 5.13 Å². The van der Waals surface area contributed by atoms with Gasteiger partial charge in [-0.05, 0) is 43.2 Å². The molecule has 0 atom stereocenters. The number of nitrogens with zero attached hydrogens (tertiary/aromatic N) is 1. The smallest absolute Gasteiger partial charge is 0.184 e. The van der Waals surface area contributed by atoms with Gasteiger partial charge in [-0.1, -0.05) is 24.3 Å². The number of aryl methyl sites for hydroxylation is 2. The Labute approximate surface area is 121 Å². The zero-order valence-electron chi connectivity index (χ0n) is 11.1. The van der Waals surface area contributed by atoms with E-state index in [9.17, 15) is 0 Å². The molecular weight excluding hydrogens is 272 g/mol. The highest BCUT2D eigenvalue weighted by Crippen LogP contribution is 2.27. The van der Waals surface area contributed by atoms with Gasteiger partial charge in [0.05, 0.1) is 16.8 Å². The molecule has 0 amide bonds. The number of hydrogen-bond acceptors (Lipinski definition) is 4. The van der Waals surface area contributed by atoms with Crippen molar-refractivity contribution >= 4 is 38.0 Å². The van der Waals surface area contributed by atoms with E-state index in [1.165, 1.54) is 20.0 Å². The first-order chi connectivity index (χ1) is 9.24. The van der Waals surface area contributed by atoms with Crippen LogP contribution in [0.15, 0.2) is 30.3 Å². The largest absolute Gasteiger partial charge is 0.357 e. The lowest BCUT2D eigenvalue weighted by atomic mass is 10.2. The highest BCUT2D eigenvalue weighted by atomic mass is 32.1. The Morgan fingerprint density at radius 1 is 1.11 bits per heavy atom. The predicted octanol–water partition coefficient (Wildman–Crippen LogP) is 4.84. The van der Waals surface area contributed by atoms with Crippen LogP contribution in [0.1, 0.15) is 22.2 Å². The normalized spacial score (nSPS) is 11.1. The fraction of sp³-hybridized carbons (Fsp3) is 0.267. The van der Waals surface area contributed by atoms with Crippen LogP contribution in [0.2, 0.25) is 0 Å². The second-order valence-electron chi connectivity index (χ2n) is 4.57. The average molecular weight is 288 g/mol. The molecule has 4 heteroatoms. The van der Waals surface area contributed by atoms with Crippen molar-refractivity contribution in [2.24, 2.45) is 0 Å². The van der Waals surface area contributed by atoms with Crippen LogP contribution < -0.4 is 5.32 Å². The van der Waals surface area contributed by atoms with E-state index >= 15 is 0 Å². The first kappa shape index (κ1) is 12.6. The maximum atomic E-state index is 4.63. The monoisotopic (exact) mass is 288 g/mol. The van der Waals surface area contributed by atoms with E-state index in [4.69, 9.17) is 0 Å². The second-order valence-corrected chi connectivity index (χ2v) is 6.85. The van der Waals surface area contributed by atoms with E-state index in [-0.39, 0.29) is 0 Å². The van der Waals surface area contributed by atoms with Crippen molar-refractivity contribution in [1.82, 2.24) is 4.98 Å². The summed E-state index contributed by atoms with van der Waals surface area (Å²) < 4.78 is 1.24. The highest BCUT2D eigenvalue weighted by Gasteiger charge is 2.04. The molecular formula is C15H16N2S2. The van der Waals surface area contributed by atoms with E-state index in [0.717, 1.165) is 23.6 Å². The van der Waals surface area contributed by atoms with Crippen LogP contribution in [0.25, 0.3) is 10.2 Å². The minimum atomic E-state index is 0.865. The minimum absolute atomic E-state index is 0.865. The van der Waals surface area contributed by atoms with Gasteiger partial charge in [0.15, 0.2) is 5.13 Å². The predicted molar refractivity (Wildman–Crippen MR) is 85.4 cm³/mol. The molecule has 0 aliphatic heterocycles. The summed E-state index contributed by atoms with van der Waals surface area (Å²) in [5.41, 5.74) is 2.35. The Kier molecular flexibility index (Phi) is 3.53. The van der Waals surface area contributed by atoms with Crippen LogP contribution in [-0.2, 0) is 13.0 Å². The Hall–Kier alpha value is -1.39. The number of thiophene rings is 1. The Morgan fingerprint density at radius 2 is 1.95 bits per heavy atom. The van der Waals surface area contributed by atoms with Crippen molar-refractivity contribution in [2.45, 2.75) is 26.8 Å². The van der Waals surface area contributed by atoms with Crippen LogP contribution in [0.5, 0.6) is 0 Å². The molecule has 98 valence electrons. The van der Waals surface area contributed by atoms with Crippen LogP contribution in [0.3, 0.4) is 0 Å². The molecule has 0 aliphatic rings. The minimum Gasteiger partial charge on any atom is -0.357 e. The maximum absolute atomic E-state index is 4.63. The number of nitrogens with one attached hydrogen (secondary N) is 1. The van der Waals surface area contributed by atoms with Gasteiger partial charge < -0.3 is 5.32 Å². The second kappa shape index (κ2) is 5.31. The Morgan fingerprint density at radius 3 is 2.74 bits per heavy atom. The van der Waals surface area contributed by atoms with Crippen LogP contribution >= 0.6 is 22.7 Å². The zero-order valence-corrected chi connectivity index (χ0v) is 12.7. The molecule has 3 rings (SSSR count). The molecule has 0 unspecified atom stereocenters. The standard InChI is InChI=1S/C15H16N2S2/c1-3-11-5-6-12(18-11)9-16-15-17-13-8-10(2)4-7-14(13)19-15/h4-8H,3,9H2,1-2H3,(H,16,17). The quantitative estimate of drug-likeness (QED) is 0.743. The summed E-state index contributed by atoms with van der Waals surface area (Å²) in [6, 6.07) is 10.8. The number of aromatic nitrogens is 1. The third kappa shape index (κ3) is 2.80. The lowest BCUT2D eigenvalue weighted by Gasteiger charge is -1.98. The van der Waals surface area contributed by atoms with Gasteiger partial charge in [-0.3, -0.25) is 0 Å². The lowest BCUT2D eigenvalue weighted by molar-refractivity contribution is 1.18. The molecule has 1 aromatic carbocycles. The van der Waals surface area contributed by atoms with Crippen molar-refractivity contribution in [1.29, 1.82) is 0 Å². The van der Waals surface area contributed by atoms with Gasteiger partial charge in [-0.2, -0.15) is 0 Å². The summed E-state index contributed by atoms with van der Waals surface area (Å²) in [6.45, 7) is 5.16. The summed E-state index contributed by atoms with van der Waals surface area (Å²) >= 11 is 3.60. The van der Waals surface area contributed by atoms with Crippen molar-refractivity contribution in [3.63, 3.8) is 0 Å². The SMILES string of the molecule is CCc1ccc(CNc2nc3cc(C)ccc3s2)s1. The van der Waals surface area contributed by atoms with Crippen molar-refractivity contribution < 1.29 is 0 Å². The van der Waals surface area contributed by atoms with E-state index in [0.29, 0.717) is 0 Å². The molecule has 0 saturated carbocycles. The van der Waals surface area contributed by atoms with Gasteiger partial charge in [0.1, 0.15) is 0 Å². The molecule has 3 aromatic rings. The van der Waals surface area contributed by atoms with E-state index < -0.39 is 0 Å². The van der Waals surface area contributed by atoms with Gasteiger partial charge in [-0.25, -0.2) is 4.98 Å². The van der Waals surface area contributed by atoms with Crippen molar-refractivity contribution in [2.75, 3.05) is 5.32 Å². The molecule has 2 nitrogen and oxygen atoms in total. The molecule has 0 fully saturated rings. The summed E-state index contributed by atoms with van der Waals surface area (Å²) in [4.78, 5) is 7.44. The summed E-state index contributed by atoms with van der Waals surface area (Å²) in [7, 11) is 0. The number of hydrogen-bond donors (Lipinski definition) is 1. The van der Waals surface area contributed by atoms with Gasteiger partial charge in [0.2, 0.25) is 0 Å². The fourth-order valence-electron chi connectivity index (χ4n) is 1.98. The fourth-order valence-corrected chi connectivity index (χ4v) is 3.72. The van der Waals surface area contributed by atoms with Gasteiger partial charge in [0.25, 0.3) is 0 Å². The number of rotatable bonds is 4. The van der Waals surface area contributed by atoms with Crippen LogP contribution in [-0.4, -0.2) is 4.98 Å². The van der Waals surface area contributed by atoms with E-state index in [2.05, 4.69) is 54.5 Å². The first-order valence-corrected chi connectivity index (χ1v) is 8.06. The molecule has 2 aromatic heterocycles. The van der Waals surface area contributed by atoms with Crippen molar-refractivity contribution in [3.8, 4) is 0 Å². The highest BCUT2D eigenvalue weighted by molar-refractivity contribution is 7.22. The number of anilines is 1. The van der Waals surface area contributed by atoms with Crippen LogP contribution in [0, 0.1) is 6.92 Å². The molecule has 0 bridgehead atoms. The summed E-state index contributed by atoms with van der Waals surface area (Å²) in [5.74, 6) is 0. The van der Waals surface area contributed by atoms with Gasteiger partial charge in [0, 0.05) is 9.75 Å². The van der Waals surface area contributed by atoms with E-state index in [1.807, 2.05) is 11.3 Å². The Balaban J connectivity index is 1.74. The first-order valence-electron chi connectivity index (χ1n) is 6.43. The number of fused-ring (bicyclic) bond motifs is 1. The molecule has 0 saturated heterocycles. The van der Waals surface area contributed by atoms with E-state index in [1.54, 1.807) is 11.3 Å². The third-order valence-corrected chi connectivity index (χ3v) is 5.25. The lowest BCUT2D eigenvalue weighted by Crippen LogP contribution is -1.95. The molecule has 0 spiro atoms. The molecule has 19 heavy (non-hydrogen) atoms. The average Bonchev–Trinajstić information content (AvgIpc) is 3.01. The molecule has 1 N–H and O–H groups in total. The zero-order chi connectivity index (χ0) is 13.2. The topological polar surface area (TPSA) is 24.9 Å². The number of benzene rings is 1. The molecule has 0 radical (unpaired) electrons. The summed E-state index contributed by atoms with van der Waals surface area (Å²) in [6.07, 6.45) is 1.12. The molecule has 2 heterocycles. The Bertz CT molecular complexity index is 697.